The third kappa shape index (κ3) is 3.16. The zero-order valence-corrected chi connectivity index (χ0v) is 12.8. The molecule has 19 heavy (non-hydrogen) atoms. The van der Waals surface area contributed by atoms with Gasteiger partial charge in [-0.15, -0.1) is 11.3 Å². The predicted octanol–water partition coefficient (Wildman–Crippen LogP) is 3.97. The molecule has 0 aromatic carbocycles. The molecule has 0 amide bonds. The topological polar surface area (TPSA) is 49.8 Å². The molecule has 0 aliphatic heterocycles. The number of hydrogen-bond donors (Lipinski definition) is 2. The van der Waals surface area contributed by atoms with E-state index in [9.17, 15) is 0 Å². The zero-order valence-electron chi connectivity index (χ0n) is 11.2. The summed E-state index contributed by atoms with van der Waals surface area (Å²) in [5, 5.41) is 6.52. The smallest absolute Gasteiger partial charge is 0.135 e. The number of aromatic nitrogens is 2. The van der Waals surface area contributed by atoms with E-state index < -0.39 is 0 Å². The normalized spacial score (nSPS) is 12.2. The first-order valence-corrected chi connectivity index (χ1v) is 7.38. The molecule has 1 atom stereocenters. The van der Waals surface area contributed by atoms with Gasteiger partial charge in [-0.25, -0.2) is 9.97 Å². The maximum Gasteiger partial charge on any atom is 0.135 e. The number of nitrogens with zero attached hydrogens (tertiary/aromatic N) is 2. The molecule has 0 aliphatic carbocycles. The second-order valence-electron chi connectivity index (χ2n) is 4.16. The molecule has 0 bridgehead atoms. The van der Waals surface area contributed by atoms with Crippen molar-refractivity contribution in [1.29, 1.82) is 0 Å². The van der Waals surface area contributed by atoms with Crippen LogP contribution in [0.2, 0.25) is 4.34 Å². The van der Waals surface area contributed by atoms with Crippen molar-refractivity contribution in [1.82, 2.24) is 9.97 Å². The van der Waals surface area contributed by atoms with Crippen LogP contribution in [0.1, 0.15) is 30.3 Å². The van der Waals surface area contributed by atoms with Crippen LogP contribution in [0.5, 0.6) is 0 Å². The van der Waals surface area contributed by atoms with E-state index in [1.54, 1.807) is 17.7 Å². The molecule has 0 radical (unpaired) electrons. The van der Waals surface area contributed by atoms with E-state index >= 15 is 0 Å². The summed E-state index contributed by atoms with van der Waals surface area (Å²) in [6, 6.07) is 4.12. The second kappa shape index (κ2) is 6.21. The summed E-state index contributed by atoms with van der Waals surface area (Å²) in [5.74, 6) is 1.75. The average molecular weight is 297 g/mol. The largest absolute Gasteiger partial charge is 0.373 e. The van der Waals surface area contributed by atoms with Crippen LogP contribution in [0.4, 0.5) is 11.6 Å². The highest BCUT2D eigenvalue weighted by Gasteiger charge is 2.13. The summed E-state index contributed by atoms with van der Waals surface area (Å²) in [7, 11) is 1.87. The van der Waals surface area contributed by atoms with E-state index in [1.165, 1.54) is 4.88 Å². The third-order valence-electron chi connectivity index (χ3n) is 2.91. The van der Waals surface area contributed by atoms with Crippen LogP contribution < -0.4 is 10.6 Å². The Balaban J connectivity index is 2.23. The number of rotatable bonds is 5. The molecule has 0 aliphatic rings. The highest BCUT2D eigenvalue weighted by atomic mass is 35.5. The van der Waals surface area contributed by atoms with Gasteiger partial charge in [0.1, 0.15) is 18.0 Å². The van der Waals surface area contributed by atoms with Crippen LogP contribution in [0.15, 0.2) is 18.5 Å². The molecule has 0 fully saturated rings. The molecule has 102 valence electrons. The van der Waals surface area contributed by atoms with Gasteiger partial charge in [0.05, 0.1) is 10.4 Å². The lowest BCUT2D eigenvalue weighted by Crippen LogP contribution is -2.11. The molecule has 2 heterocycles. The van der Waals surface area contributed by atoms with Gasteiger partial charge in [0.2, 0.25) is 0 Å². The molecule has 4 nitrogen and oxygen atoms in total. The third-order valence-corrected chi connectivity index (χ3v) is 4.32. The van der Waals surface area contributed by atoms with Gasteiger partial charge in [-0.1, -0.05) is 18.5 Å². The fraction of sp³-hybridized carbons (Fsp3) is 0.385. The van der Waals surface area contributed by atoms with Crippen molar-refractivity contribution in [2.45, 2.75) is 26.3 Å². The summed E-state index contributed by atoms with van der Waals surface area (Å²) >= 11 is 7.55. The first kappa shape index (κ1) is 14.1. The monoisotopic (exact) mass is 296 g/mol. The van der Waals surface area contributed by atoms with Crippen LogP contribution >= 0.6 is 22.9 Å². The molecule has 6 heteroatoms. The first-order valence-electron chi connectivity index (χ1n) is 6.19. The van der Waals surface area contributed by atoms with Crippen molar-refractivity contribution in [2.75, 3.05) is 17.7 Å². The van der Waals surface area contributed by atoms with Crippen molar-refractivity contribution >= 4 is 34.6 Å². The number of thiophene rings is 1. The summed E-state index contributed by atoms with van der Waals surface area (Å²) in [4.78, 5) is 9.76. The van der Waals surface area contributed by atoms with E-state index in [2.05, 4.69) is 34.4 Å². The standard InChI is InChI=1S/C13H17ClN4S/c1-4-9-12(15-3)16-7-17-13(9)18-8(2)10-5-6-11(14)19-10/h5-8H,4H2,1-3H3,(H2,15,16,17,18). The Bertz CT molecular complexity index is 555. The molecule has 0 saturated carbocycles. The summed E-state index contributed by atoms with van der Waals surface area (Å²) in [5.41, 5.74) is 1.10. The minimum Gasteiger partial charge on any atom is -0.373 e. The van der Waals surface area contributed by atoms with Gasteiger partial charge in [0.25, 0.3) is 0 Å². The summed E-state index contributed by atoms with van der Waals surface area (Å²) in [6.07, 6.45) is 2.44. The lowest BCUT2D eigenvalue weighted by molar-refractivity contribution is 0.882. The lowest BCUT2D eigenvalue weighted by atomic mass is 10.2. The van der Waals surface area contributed by atoms with E-state index in [4.69, 9.17) is 11.6 Å². The van der Waals surface area contributed by atoms with Crippen LogP contribution in [0.3, 0.4) is 0 Å². The Labute approximate surface area is 122 Å². The van der Waals surface area contributed by atoms with Gasteiger partial charge >= 0.3 is 0 Å². The van der Waals surface area contributed by atoms with Crippen molar-refractivity contribution in [3.63, 3.8) is 0 Å². The highest BCUT2D eigenvalue weighted by molar-refractivity contribution is 7.16. The predicted molar refractivity (Wildman–Crippen MR) is 82.3 cm³/mol. The Kier molecular flexibility index (Phi) is 4.61. The molecule has 0 spiro atoms. The number of anilines is 2. The van der Waals surface area contributed by atoms with Gasteiger partial charge in [0.15, 0.2) is 0 Å². The molecular weight excluding hydrogens is 280 g/mol. The van der Waals surface area contributed by atoms with Gasteiger partial charge in [-0.3, -0.25) is 0 Å². The number of halogens is 1. The molecule has 2 N–H and O–H groups in total. The van der Waals surface area contributed by atoms with E-state index in [0.29, 0.717) is 0 Å². The number of nitrogens with one attached hydrogen (secondary N) is 2. The maximum absolute atomic E-state index is 5.97. The van der Waals surface area contributed by atoms with Crippen LogP contribution in [0.25, 0.3) is 0 Å². The van der Waals surface area contributed by atoms with Gasteiger partial charge in [-0.05, 0) is 25.5 Å². The Morgan fingerprint density at radius 1 is 1.32 bits per heavy atom. The van der Waals surface area contributed by atoms with E-state index in [-0.39, 0.29) is 6.04 Å². The van der Waals surface area contributed by atoms with Gasteiger partial charge < -0.3 is 10.6 Å². The minimum atomic E-state index is 0.169. The Morgan fingerprint density at radius 2 is 2.05 bits per heavy atom. The van der Waals surface area contributed by atoms with Crippen LogP contribution in [-0.4, -0.2) is 17.0 Å². The van der Waals surface area contributed by atoms with Crippen LogP contribution in [0, 0.1) is 0 Å². The first-order chi connectivity index (χ1) is 9.15. The van der Waals surface area contributed by atoms with E-state index in [1.807, 2.05) is 19.2 Å². The minimum absolute atomic E-state index is 0.169. The quantitative estimate of drug-likeness (QED) is 0.876. The van der Waals surface area contributed by atoms with Crippen molar-refractivity contribution < 1.29 is 0 Å². The summed E-state index contributed by atoms with van der Waals surface area (Å²) < 4.78 is 0.804. The molecule has 2 rings (SSSR count). The molecular formula is C13H17ClN4S. The Morgan fingerprint density at radius 3 is 2.63 bits per heavy atom. The average Bonchev–Trinajstić information content (AvgIpc) is 2.85. The molecule has 2 aromatic heterocycles. The second-order valence-corrected chi connectivity index (χ2v) is 5.91. The zero-order chi connectivity index (χ0) is 13.8. The fourth-order valence-corrected chi connectivity index (χ4v) is 2.99. The number of hydrogen-bond acceptors (Lipinski definition) is 5. The fourth-order valence-electron chi connectivity index (χ4n) is 1.92. The molecule has 1 unspecified atom stereocenters. The summed E-state index contributed by atoms with van der Waals surface area (Å²) in [6.45, 7) is 4.19. The van der Waals surface area contributed by atoms with Gasteiger partial charge in [0, 0.05) is 17.5 Å². The highest BCUT2D eigenvalue weighted by Crippen LogP contribution is 2.30. The van der Waals surface area contributed by atoms with Crippen molar-refractivity contribution in [3.8, 4) is 0 Å². The van der Waals surface area contributed by atoms with Gasteiger partial charge in [-0.2, -0.15) is 0 Å². The lowest BCUT2D eigenvalue weighted by Gasteiger charge is -2.17. The van der Waals surface area contributed by atoms with E-state index in [0.717, 1.165) is 28.0 Å². The van der Waals surface area contributed by atoms with Crippen molar-refractivity contribution in [3.05, 3.63) is 33.2 Å². The Hall–Kier alpha value is -1.33. The molecule has 2 aromatic rings. The SMILES string of the molecule is CCc1c(NC)ncnc1NC(C)c1ccc(Cl)s1. The maximum atomic E-state index is 5.97. The van der Waals surface area contributed by atoms with Crippen molar-refractivity contribution in [2.24, 2.45) is 0 Å². The molecule has 0 saturated heterocycles. The van der Waals surface area contributed by atoms with Crippen LogP contribution in [-0.2, 0) is 6.42 Å².